The van der Waals surface area contributed by atoms with Crippen LogP contribution in [0.15, 0.2) is 42.5 Å². The molecule has 0 aromatic heterocycles. The average molecular weight is 330 g/mol. The number of hydrogen-bond donors (Lipinski definition) is 1. The number of carbonyl (C=O) groups excluding carboxylic acids is 2. The number of benzene rings is 2. The number of carbonyl (C=O) groups is 2. The summed E-state index contributed by atoms with van der Waals surface area (Å²) in [6.07, 6.45) is -0.0779. The summed E-state index contributed by atoms with van der Waals surface area (Å²) < 4.78 is 27.7. The van der Waals surface area contributed by atoms with Crippen LogP contribution in [0, 0.1) is 24.5 Å². The Kier molecular flexibility index (Phi) is 4.29. The van der Waals surface area contributed by atoms with Gasteiger partial charge in [-0.15, -0.1) is 0 Å². The number of aryl methyl sites for hydroxylation is 1. The molecule has 1 fully saturated rings. The first-order valence-electron chi connectivity index (χ1n) is 7.57. The molecule has 4 nitrogen and oxygen atoms in total. The molecule has 0 bridgehead atoms. The lowest BCUT2D eigenvalue weighted by atomic mass is 10.1. The van der Waals surface area contributed by atoms with Gasteiger partial charge in [-0.3, -0.25) is 9.59 Å². The summed E-state index contributed by atoms with van der Waals surface area (Å²) in [5.41, 5.74) is 1.28. The molecule has 2 aromatic carbocycles. The maximum absolute atomic E-state index is 13.9. The summed E-state index contributed by atoms with van der Waals surface area (Å²) >= 11 is 0. The van der Waals surface area contributed by atoms with Crippen molar-refractivity contribution in [3.8, 4) is 0 Å². The first-order chi connectivity index (χ1) is 11.5. The minimum Gasteiger partial charge on any atom is -0.326 e. The monoisotopic (exact) mass is 330 g/mol. The van der Waals surface area contributed by atoms with E-state index in [1.54, 1.807) is 12.1 Å². The summed E-state index contributed by atoms with van der Waals surface area (Å²) in [6, 6.07) is 10.6. The zero-order chi connectivity index (χ0) is 17.3. The van der Waals surface area contributed by atoms with E-state index >= 15 is 0 Å². The van der Waals surface area contributed by atoms with Gasteiger partial charge in [0.2, 0.25) is 11.8 Å². The summed E-state index contributed by atoms with van der Waals surface area (Å²) in [6.45, 7) is 1.89. The summed E-state index contributed by atoms with van der Waals surface area (Å²) in [5.74, 6) is -3.10. The molecule has 1 aliphatic heterocycles. The predicted octanol–water partition coefficient (Wildman–Crippen LogP) is 3.26. The fourth-order valence-corrected chi connectivity index (χ4v) is 2.73. The molecule has 1 saturated heterocycles. The molecule has 2 amide bonds. The Morgan fingerprint density at radius 2 is 1.75 bits per heavy atom. The molecule has 1 unspecified atom stereocenters. The Morgan fingerprint density at radius 3 is 2.38 bits per heavy atom. The Labute approximate surface area is 138 Å². The largest absolute Gasteiger partial charge is 0.326 e. The van der Waals surface area contributed by atoms with Crippen LogP contribution in [-0.4, -0.2) is 18.4 Å². The second kappa shape index (κ2) is 6.39. The van der Waals surface area contributed by atoms with Crippen LogP contribution in [0.4, 0.5) is 20.2 Å². The molecule has 1 N–H and O–H groups in total. The maximum Gasteiger partial charge on any atom is 0.229 e. The third-order valence-corrected chi connectivity index (χ3v) is 4.02. The van der Waals surface area contributed by atoms with Crippen molar-refractivity contribution in [3.63, 3.8) is 0 Å². The third kappa shape index (κ3) is 3.13. The standard InChI is InChI=1S/C18H16F2N2O2/c1-11-5-7-13(8-6-11)21-18(24)12-9-16(23)22(10-12)17-14(19)3-2-4-15(17)20/h2-8,12H,9-10H2,1H3,(H,21,24). The Balaban J connectivity index is 1.74. The van der Waals surface area contributed by atoms with Crippen molar-refractivity contribution in [2.45, 2.75) is 13.3 Å². The van der Waals surface area contributed by atoms with E-state index in [0.717, 1.165) is 22.6 Å². The number of amides is 2. The first-order valence-corrected chi connectivity index (χ1v) is 7.57. The normalized spacial score (nSPS) is 17.2. The second-order valence-electron chi connectivity index (χ2n) is 5.83. The highest BCUT2D eigenvalue weighted by Crippen LogP contribution is 2.30. The summed E-state index contributed by atoms with van der Waals surface area (Å²) in [4.78, 5) is 25.4. The van der Waals surface area contributed by atoms with Gasteiger partial charge in [-0.1, -0.05) is 23.8 Å². The molecule has 2 aromatic rings. The lowest BCUT2D eigenvalue weighted by molar-refractivity contribution is -0.122. The quantitative estimate of drug-likeness (QED) is 0.939. The van der Waals surface area contributed by atoms with Crippen LogP contribution < -0.4 is 10.2 Å². The second-order valence-corrected chi connectivity index (χ2v) is 5.83. The number of para-hydroxylation sites is 1. The SMILES string of the molecule is Cc1ccc(NC(=O)C2CC(=O)N(c3c(F)cccc3F)C2)cc1. The van der Waals surface area contributed by atoms with Crippen LogP contribution in [0.2, 0.25) is 0 Å². The number of hydrogen-bond acceptors (Lipinski definition) is 2. The van der Waals surface area contributed by atoms with Gasteiger partial charge in [-0.05, 0) is 31.2 Å². The van der Waals surface area contributed by atoms with Crippen LogP contribution >= 0.6 is 0 Å². The molecule has 1 atom stereocenters. The molecule has 124 valence electrons. The number of nitrogens with zero attached hydrogens (tertiary/aromatic N) is 1. The van der Waals surface area contributed by atoms with E-state index in [9.17, 15) is 18.4 Å². The van der Waals surface area contributed by atoms with Crippen molar-refractivity contribution in [1.82, 2.24) is 0 Å². The van der Waals surface area contributed by atoms with E-state index in [2.05, 4.69) is 5.32 Å². The molecule has 24 heavy (non-hydrogen) atoms. The van der Waals surface area contributed by atoms with Crippen LogP contribution in [0.1, 0.15) is 12.0 Å². The number of halogens is 2. The van der Waals surface area contributed by atoms with E-state index < -0.39 is 29.1 Å². The minimum absolute atomic E-state index is 0.0472. The number of rotatable bonds is 3. The molecule has 0 spiro atoms. The highest BCUT2D eigenvalue weighted by Gasteiger charge is 2.37. The van der Waals surface area contributed by atoms with E-state index in [4.69, 9.17) is 0 Å². The van der Waals surface area contributed by atoms with Gasteiger partial charge in [0.15, 0.2) is 0 Å². The lowest BCUT2D eigenvalue weighted by Gasteiger charge is -2.18. The molecular weight excluding hydrogens is 314 g/mol. The van der Waals surface area contributed by atoms with Gasteiger partial charge < -0.3 is 10.2 Å². The molecule has 3 rings (SSSR count). The zero-order valence-corrected chi connectivity index (χ0v) is 13.1. The Hall–Kier alpha value is -2.76. The van der Waals surface area contributed by atoms with Crippen molar-refractivity contribution in [2.24, 2.45) is 5.92 Å². The highest BCUT2D eigenvalue weighted by atomic mass is 19.1. The van der Waals surface area contributed by atoms with E-state index in [1.807, 2.05) is 19.1 Å². The highest BCUT2D eigenvalue weighted by molar-refractivity contribution is 6.03. The summed E-state index contributed by atoms with van der Waals surface area (Å²) in [5, 5.41) is 2.73. The van der Waals surface area contributed by atoms with Crippen molar-refractivity contribution in [2.75, 3.05) is 16.8 Å². The fraction of sp³-hybridized carbons (Fsp3) is 0.222. The molecular formula is C18H16F2N2O2. The Morgan fingerprint density at radius 1 is 1.12 bits per heavy atom. The molecule has 1 heterocycles. The van der Waals surface area contributed by atoms with E-state index in [-0.39, 0.29) is 18.9 Å². The third-order valence-electron chi connectivity index (χ3n) is 4.02. The Bertz CT molecular complexity index is 770. The van der Waals surface area contributed by atoms with Crippen molar-refractivity contribution < 1.29 is 18.4 Å². The van der Waals surface area contributed by atoms with Gasteiger partial charge in [0, 0.05) is 18.7 Å². The fourth-order valence-electron chi connectivity index (χ4n) is 2.73. The topological polar surface area (TPSA) is 49.4 Å². The molecule has 0 aliphatic carbocycles. The van der Waals surface area contributed by atoms with E-state index in [1.165, 1.54) is 6.07 Å². The van der Waals surface area contributed by atoms with Crippen LogP contribution in [-0.2, 0) is 9.59 Å². The van der Waals surface area contributed by atoms with Gasteiger partial charge in [0.1, 0.15) is 17.3 Å². The van der Waals surface area contributed by atoms with Crippen molar-refractivity contribution in [1.29, 1.82) is 0 Å². The zero-order valence-electron chi connectivity index (χ0n) is 13.1. The van der Waals surface area contributed by atoms with Gasteiger partial charge in [0.25, 0.3) is 0 Å². The molecule has 0 saturated carbocycles. The molecule has 1 aliphatic rings. The lowest BCUT2D eigenvalue weighted by Crippen LogP contribution is -2.29. The van der Waals surface area contributed by atoms with Gasteiger partial charge in [0.05, 0.1) is 5.92 Å². The molecule has 0 radical (unpaired) electrons. The van der Waals surface area contributed by atoms with Crippen molar-refractivity contribution >= 4 is 23.2 Å². The van der Waals surface area contributed by atoms with Gasteiger partial charge in [-0.25, -0.2) is 8.78 Å². The van der Waals surface area contributed by atoms with Gasteiger partial charge in [-0.2, -0.15) is 0 Å². The van der Waals surface area contributed by atoms with E-state index in [0.29, 0.717) is 5.69 Å². The van der Waals surface area contributed by atoms with Gasteiger partial charge >= 0.3 is 0 Å². The smallest absolute Gasteiger partial charge is 0.229 e. The predicted molar refractivity (Wildman–Crippen MR) is 86.6 cm³/mol. The first kappa shape index (κ1) is 16.1. The average Bonchev–Trinajstić information content (AvgIpc) is 2.91. The minimum atomic E-state index is -0.817. The van der Waals surface area contributed by atoms with Crippen LogP contribution in [0.5, 0.6) is 0 Å². The number of nitrogens with one attached hydrogen (secondary N) is 1. The van der Waals surface area contributed by atoms with Crippen LogP contribution in [0.25, 0.3) is 0 Å². The summed E-state index contributed by atoms with van der Waals surface area (Å²) in [7, 11) is 0. The van der Waals surface area contributed by atoms with Crippen LogP contribution in [0.3, 0.4) is 0 Å². The molecule has 6 heteroatoms. The van der Waals surface area contributed by atoms with Crippen molar-refractivity contribution in [3.05, 3.63) is 59.7 Å². The maximum atomic E-state index is 13.9. The number of anilines is 2.